The molecule has 0 radical (unpaired) electrons. The maximum absolute atomic E-state index is 13.6. The second-order valence-corrected chi connectivity index (χ2v) is 6.84. The molecule has 0 atom stereocenters. The van der Waals surface area contributed by atoms with E-state index >= 15 is 0 Å². The van der Waals surface area contributed by atoms with Gasteiger partial charge < -0.3 is 14.2 Å². The summed E-state index contributed by atoms with van der Waals surface area (Å²) in [5.74, 6) is 1.20. The molecule has 0 N–H and O–H groups in total. The molecular weight excluding hydrogens is 444 g/mol. The molecule has 0 saturated carbocycles. The Morgan fingerprint density at radius 3 is 2.18 bits per heavy atom. The summed E-state index contributed by atoms with van der Waals surface area (Å²) in [6, 6.07) is 14.4. The van der Waals surface area contributed by atoms with Crippen molar-refractivity contribution in [2.45, 2.75) is 33.9 Å². The highest BCUT2D eigenvalue weighted by atomic mass is 19.3. The summed E-state index contributed by atoms with van der Waals surface area (Å²) in [6.45, 7) is 3.64. The van der Waals surface area contributed by atoms with Gasteiger partial charge in [-0.2, -0.15) is 8.78 Å². The van der Waals surface area contributed by atoms with E-state index in [0.29, 0.717) is 40.9 Å². The van der Waals surface area contributed by atoms with E-state index in [-0.39, 0.29) is 18.3 Å². The number of halogens is 2. The van der Waals surface area contributed by atoms with Gasteiger partial charge in [-0.3, -0.25) is 14.8 Å². The summed E-state index contributed by atoms with van der Waals surface area (Å²) >= 11 is 0. The zero-order valence-corrected chi connectivity index (χ0v) is 19.5. The minimum Gasteiger partial charge on any atom is -0.497 e. The normalized spacial score (nSPS) is 12.6. The van der Waals surface area contributed by atoms with Crippen LogP contribution in [0.2, 0.25) is 0 Å². The van der Waals surface area contributed by atoms with E-state index in [1.807, 2.05) is 20.8 Å². The zero-order chi connectivity index (χ0) is 24.7. The van der Waals surface area contributed by atoms with Crippen molar-refractivity contribution < 1.29 is 27.8 Å². The summed E-state index contributed by atoms with van der Waals surface area (Å²) < 4.78 is 40.2. The quantitative estimate of drug-likeness (QED) is 0.399. The third kappa shape index (κ3) is 5.36. The summed E-state index contributed by atoms with van der Waals surface area (Å²) in [5.41, 5.74) is 2.37. The summed E-state index contributed by atoms with van der Waals surface area (Å²) in [4.78, 5) is 21.1. The van der Waals surface area contributed by atoms with Crippen molar-refractivity contribution in [3.8, 4) is 17.2 Å². The number of aromatic nitrogens is 1. The lowest BCUT2D eigenvalue weighted by atomic mass is 10.1. The molecule has 0 bridgehead atoms. The number of anilines is 3. The number of ether oxygens (including phenoxy) is 3. The number of amides is 2. The van der Waals surface area contributed by atoms with Crippen molar-refractivity contribution in [3.05, 3.63) is 66.5 Å². The average Bonchev–Trinajstić information content (AvgIpc) is 2.86. The molecule has 2 heterocycles. The lowest BCUT2D eigenvalue weighted by Gasteiger charge is -2.36. The Hall–Kier alpha value is -3.88. The number of carbonyl (C=O) groups excluding carboxylic acids is 1. The second kappa shape index (κ2) is 11.3. The number of nitrogens with zero attached hydrogens (tertiary/aromatic N) is 3. The number of alkyl halides is 2. The van der Waals surface area contributed by atoms with Crippen LogP contribution in [0.3, 0.4) is 0 Å². The first-order valence-corrected chi connectivity index (χ1v) is 10.9. The van der Waals surface area contributed by atoms with Crippen LogP contribution in [0.1, 0.15) is 26.5 Å². The van der Waals surface area contributed by atoms with Gasteiger partial charge >= 0.3 is 12.6 Å². The van der Waals surface area contributed by atoms with Crippen LogP contribution in [0, 0.1) is 0 Å². The first-order valence-electron chi connectivity index (χ1n) is 10.9. The molecule has 0 aliphatic carbocycles. The van der Waals surface area contributed by atoms with Crippen LogP contribution in [0.4, 0.5) is 30.6 Å². The Morgan fingerprint density at radius 2 is 1.59 bits per heavy atom. The van der Waals surface area contributed by atoms with Gasteiger partial charge in [0, 0.05) is 11.8 Å². The number of methoxy groups -OCH3 is 1. The van der Waals surface area contributed by atoms with Crippen molar-refractivity contribution in [1.82, 2.24) is 4.98 Å². The fourth-order valence-electron chi connectivity index (χ4n) is 3.46. The Morgan fingerprint density at radius 1 is 0.971 bits per heavy atom. The molecular formula is C25H27F2N3O4. The van der Waals surface area contributed by atoms with Crippen LogP contribution in [-0.4, -0.2) is 31.3 Å². The van der Waals surface area contributed by atoms with E-state index < -0.39 is 6.61 Å². The van der Waals surface area contributed by atoms with Gasteiger partial charge in [-0.1, -0.05) is 13.8 Å². The Labute approximate surface area is 197 Å². The highest BCUT2D eigenvalue weighted by Gasteiger charge is 2.34. The Bertz CT molecular complexity index is 1090. The number of rotatable bonds is 7. The van der Waals surface area contributed by atoms with Gasteiger partial charge in [0.05, 0.1) is 43.5 Å². The van der Waals surface area contributed by atoms with Gasteiger partial charge in [0.15, 0.2) is 0 Å². The Kier molecular flexibility index (Phi) is 8.24. The second-order valence-electron chi connectivity index (χ2n) is 6.84. The van der Waals surface area contributed by atoms with Crippen LogP contribution in [-0.2, 0) is 6.54 Å². The third-order valence-electron chi connectivity index (χ3n) is 4.91. The molecule has 3 aromatic rings. The first kappa shape index (κ1) is 24.8. The van der Waals surface area contributed by atoms with Crippen molar-refractivity contribution in [3.63, 3.8) is 0 Å². The Balaban J connectivity index is 0.00000158. The van der Waals surface area contributed by atoms with Gasteiger partial charge in [-0.25, -0.2) is 4.79 Å². The van der Waals surface area contributed by atoms with Crippen LogP contribution in [0.25, 0.3) is 0 Å². The summed E-state index contributed by atoms with van der Waals surface area (Å²) in [7, 11) is 1.57. The van der Waals surface area contributed by atoms with Crippen molar-refractivity contribution >= 4 is 23.1 Å². The lowest BCUT2D eigenvalue weighted by molar-refractivity contribution is -0.0498. The minimum atomic E-state index is -2.93. The van der Waals surface area contributed by atoms with Crippen LogP contribution in [0.15, 0.2) is 60.8 Å². The van der Waals surface area contributed by atoms with Crippen molar-refractivity contribution in [2.75, 3.05) is 23.5 Å². The summed E-state index contributed by atoms with van der Waals surface area (Å²) in [6.07, 6.45) is 1.61. The highest BCUT2D eigenvalue weighted by molar-refractivity contribution is 6.10. The monoisotopic (exact) mass is 471 g/mol. The SMILES string of the molecule is CC.CCOc1cnc2c(c1)N(c1ccc(OC(F)F)cc1)C(=O)N(c1ccc(OC)cc1)C2. The van der Waals surface area contributed by atoms with E-state index in [9.17, 15) is 13.6 Å². The molecule has 1 aliphatic heterocycles. The average molecular weight is 472 g/mol. The van der Waals surface area contributed by atoms with Crippen molar-refractivity contribution in [1.29, 1.82) is 0 Å². The number of hydrogen-bond acceptors (Lipinski definition) is 5. The maximum Gasteiger partial charge on any atom is 0.387 e. The lowest BCUT2D eigenvalue weighted by Crippen LogP contribution is -2.45. The van der Waals surface area contributed by atoms with Gasteiger partial charge in [0.2, 0.25) is 0 Å². The highest BCUT2D eigenvalue weighted by Crippen LogP contribution is 2.38. The van der Waals surface area contributed by atoms with Gasteiger partial charge in [0.1, 0.15) is 17.2 Å². The standard InChI is InChI=1S/C23H21F2N3O4.C2H6/c1-3-31-19-12-21-20(26-13-19)14-27(15-4-8-17(30-2)9-5-15)23(29)28(21)16-6-10-18(11-7-16)32-22(24)25;1-2/h4-13,22H,3,14H2,1-2H3;1-2H3. The smallest absolute Gasteiger partial charge is 0.387 e. The molecule has 2 amide bonds. The van der Waals surface area contributed by atoms with Crippen LogP contribution < -0.4 is 24.0 Å². The predicted octanol–water partition coefficient (Wildman–Crippen LogP) is 6.39. The fraction of sp³-hybridized carbons (Fsp3) is 0.280. The molecule has 9 heteroatoms. The molecule has 34 heavy (non-hydrogen) atoms. The van der Waals surface area contributed by atoms with E-state index in [1.165, 1.54) is 17.0 Å². The molecule has 7 nitrogen and oxygen atoms in total. The molecule has 1 aromatic heterocycles. The van der Waals surface area contributed by atoms with Gasteiger partial charge in [0.25, 0.3) is 0 Å². The van der Waals surface area contributed by atoms with Crippen molar-refractivity contribution in [2.24, 2.45) is 0 Å². The molecule has 1 aliphatic rings. The molecule has 0 spiro atoms. The predicted molar refractivity (Wildman–Crippen MR) is 127 cm³/mol. The number of pyridine rings is 1. The molecule has 0 fully saturated rings. The number of urea groups is 1. The number of fused-ring (bicyclic) bond motifs is 1. The topological polar surface area (TPSA) is 64.1 Å². The zero-order valence-electron chi connectivity index (χ0n) is 19.5. The number of carbonyl (C=O) groups is 1. The molecule has 180 valence electrons. The fourth-order valence-corrected chi connectivity index (χ4v) is 3.46. The molecule has 4 rings (SSSR count). The van der Waals surface area contributed by atoms with Gasteiger partial charge in [-0.15, -0.1) is 0 Å². The summed E-state index contributed by atoms with van der Waals surface area (Å²) in [5, 5.41) is 0. The number of benzene rings is 2. The molecule has 0 unspecified atom stereocenters. The minimum absolute atomic E-state index is 0.00151. The van der Waals surface area contributed by atoms with Crippen LogP contribution in [0.5, 0.6) is 17.2 Å². The van der Waals surface area contributed by atoms with Gasteiger partial charge in [-0.05, 0) is 55.5 Å². The van der Waals surface area contributed by atoms with E-state index in [2.05, 4.69) is 9.72 Å². The number of hydrogen-bond donors (Lipinski definition) is 0. The molecule has 0 saturated heterocycles. The van der Waals surface area contributed by atoms with E-state index in [1.54, 1.807) is 60.7 Å². The van der Waals surface area contributed by atoms with E-state index in [0.717, 1.165) is 0 Å². The maximum atomic E-state index is 13.6. The third-order valence-corrected chi connectivity index (χ3v) is 4.91. The molecule has 2 aromatic carbocycles. The van der Waals surface area contributed by atoms with Crippen LogP contribution >= 0.6 is 0 Å². The largest absolute Gasteiger partial charge is 0.497 e. The van der Waals surface area contributed by atoms with E-state index in [4.69, 9.17) is 9.47 Å². The first-order chi connectivity index (χ1) is 16.5.